The molecule has 0 saturated carbocycles. The van der Waals surface area contributed by atoms with E-state index in [-0.39, 0.29) is 17.2 Å². The van der Waals surface area contributed by atoms with Crippen molar-refractivity contribution in [3.8, 4) is 0 Å². The molecule has 4 aromatic rings. The number of pyridine rings is 1. The number of anilines is 3. The number of hydrogen-bond donors (Lipinski definition) is 2. The van der Waals surface area contributed by atoms with Gasteiger partial charge in [0.1, 0.15) is 11.5 Å². The Labute approximate surface area is 222 Å². The van der Waals surface area contributed by atoms with E-state index in [0.717, 1.165) is 37.3 Å². The summed E-state index contributed by atoms with van der Waals surface area (Å²) in [7, 11) is 0. The maximum Gasteiger partial charge on any atom is 0.337 e. The minimum atomic E-state index is -0.994. The van der Waals surface area contributed by atoms with Gasteiger partial charge in [-0.25, -0.2) is 9.78 Å². The number of para-hydroxylation sites is 1. The molecule has 8 nitrogen and oxygen atoms in total. The molecular formula is C30H33N5O3. The summed E-state index contributed by atoms with van der Waals surface area (Å²) in [6, 6.07) is 17.1. The molecule has 0 amide bonds. The van der Waals surface area contributed by atoms with Crippen LogP contribution in [0.2, 0.25) is 0 Å². The largest absolute Gasteiger partial charge is 0.478 e. The summed E-state index contributed by atoms with van der Waals surface area (Å²) in [5.41, 5.74) is 6.04. The summed E-state index contributed by atoms with van der Waals surface area (Å²) in [6.07, 6.45) is 1.82. The van der Waals surface area contributed by atoms with Crippen molar-refractivity contribution in [2.75, 3.05) is 41.3 Å². The molecule has 1 fully saturated rings. The second kappa shape index (κ2) is 10.2. The molecule has 0 bridgehead atoms. The van der Waals surface area contributed by atoms with E-state index in [9.17, 15) is 14.7 Å². The SMILES string of the molecule is Cc1ccc(N2CCN(c3nc4c(C(C)Nc5ccccc5C(=O)O)cc(C)cn4c(=O)c3C)CC2)cc1. The highest BCUT2D eigenvalue weighted by Gasteiger charge is 2.24. The molecule has 1 unspecified atom stereocenters. The average molecular weight is 512 g/mol. The van der Waals surface area contributed by atoms with Gasteiger partial charge in [-0.05, 0) is 63.6 Å². The van der Waals surface area contributed by atoms with Gasteiger partial charge in [0.25, 0.3) is 5.56 Å². The Balaban J connectivity index is 1.48. The molecule has 1 aliphatic heterocycles. The minimum Gasteiger partial charge on any atom is -0.478 e. The van der Waals surface area contributed by atoms with E-state index in [1.54, 1.807) is 28.7 Å². The van der Waals surface area contributed by atoms with Crippen molar-refractivity contribution in [1.29, 1.82) is 0 Å². The second-order valence-corrected chi connectivity index (χ2v) is 10.1. The van der Waals surface area contributed by atoms with Gasteiger partial charge in [0.15, 0.2) is 0 Å². The van der Waals surface area contributed by atoms with Crippen LogP contribution in [-0.2, 0) is 0 Å². The van der Waals surface area contributed by atoms with Crippen LogP contribution >= 0.6 is 0 Å². The number of nitrogens with zero attached hydrogens (tertiary/aromatic N) is 4. The summed E-state index contributed by atoms with van der Waals surface area (Å²) in [4.78, 5) is 34.9. The number of aromatic carboxylic acids is 1. The Morgan fingerprint density at radius 3 is 2.29 bits per heavy atom. The fraction of sp³-hybridized carbons (Fsp3) is 0.300. The molecule has 2 aromatic carbocycles. The first-order valence-electron chi connectivity index (χ1n) is 12.9. The fourth-order valence-electron chi connectivity index (χ4n) is 5.15. The molecule has 196 valence electrons. The van der Waals surface area contributed by atoms with Gasteiger partial charge in [-0.3, -0.25) is 9.20 Å². The normalized spacial score (nSPS) is 14.5. The number of aromatic nitrogens is 2. The zero-order valence-electron chi connectivity index (χ0n) is 22.2. The van der Waals surface area contributed by atoms with Crippen LogP contribution < -0.4 is 20.7 Å². The third-order valence-electron chi connectivity index (χ3n) is 7.26. The van der Waals surface area contributed by atoms with Crippen molar-refractivity contribution >= 4 is 28.8 Å². The van der Waals surface area contributed by atoms with Gasteiger partial charge < -0.3 is 20.2 Å². The third-order valence-corrected chi connectivity index (χ3v) is 7.26. The summed E-state index contributed by atoms with van der Waals surface area (Å²) >= 11 is 0. The summed E-state index contributed by atoms with van der Waals surface area (Å²) in [6.45, 7) is 11.0. The van der Waals surface area contributed by atoms with Crippen LogP contribution in [0.4, 0.5) is 17.2 Å². The highest BCUT2D eigenvalue weighted by Crippen LogP contribution is 2.28. The molecule has 8 heteroatoms. The quantitative estimate of drug-likeness (QED) is 0.384. The molecule has 2 N–H and O–H groups in total. The number of nitrogens with one attached hydrogen (secondary N) is 1. The van der Waals surface area contributed by atoms with E-state index < -0.39 is 5.97 Å². The summed E-state index contributed by atoms with van der Waals surface area (Å²) in [5, 5.41) is 12.9. The molecule has 1 atom stereocenters. The van der Waals surface area contributed by atoms with Crippen LogP contribution in [-0.4, -0.2) is 46.6 Å². The third kappa shape index (κ3) is 4.81. The lowest BCUT2D eigenvalue weighted by Crippen LogP contribution is -2.47. The molecule has 5 rings (SSSR count). The molecule has 1 aliphatic rings. The van der Waals surface area contributed by atoms with E-state index >= 15 is 0 Å². The van der Waals surface area contributed by atoms with Gasteiger partial charge in [0.05, 0.1) is 17.2 Å². The van der Waals surface area contributed by atoms with Crippen molar-refractivity contribution < 1.29 is 9.90 Å². The summed E-state index contributed by atoms with van der Waals surface area (Å²) in [5.74, 6) is -0.284. The molecule has 0 radical (unpaired) electrons. The van der Waals surface area contributed by atoms with Crippen LogP contribution in [0.15, 0.2) is 65.6 Å². The summed E-state index contributed by atoms with van der Waals surface area (Å²) < 4.78 is 1.62. The van der Waals surface area contributed by atoms with Crippen molar-refractivity contribution in [2.24, 2.45) is 0 Å². The zero-order valence-corrected chi connectivity index (χ0v) is 22.2. The first kappa shape index (κ1) is 25.3. The van der Waals surface area contributed by atoms with E-state index in [2.05, 4.69) is 46.3 Å². The standard InChI is InChI=1S/C30H33N5O3/c1-19-9-11-23(12-10-19)33-13-15-34(16-14-33)27-21(3)29(36)35-18-20(2)17-25(28(35)32-27)22(4)31-26-8-6-5-7-24(26)30(37)38/h5-12,17-18,22,31H,13-16H2,1-4H3,(H,37,38). The zero-order chi connectivity index (χ0) is 27.0. The van der Waals surface area contributed by atoms with E-state index in [4.69, 9.17) is 4.98 Å². The van der Waals surface area contributed by atoms with Crippen molar-refractivity contribution in [3.05, 3.63) is 99.0 Å². The lowest BCUT2D eigenvalue weighted by Gasteiger charge is -2.37. The average Bonchev–Trinajstić information content (AvgIpc) is 2.91. The Hall–Kier alpha value is -4.33. The van der Waals surface area contributed by atoms with Crippen LogP contribution in [0.25, 0.3) is 5.65 Å². The number of carbonyl (C=O) groups is 1. The number of aryl methyl sites for hydroxylation is 2. The van der Waals surface area contributed by atoms with Crippen LogP contribution in [0.5, 0.6) is 0 Å². The lowest BCUT2D eigenvalue weighted by molar-refractivity contribution is 0.0698. The number of carboxylic acid groups (broad SMARTS) is 1. The van der Waals surface area contributed by atoms with Gasteiger partial charge >= 0.3 is 5.97 Å². The Kier molecular flexibility index (Phi) is 6.80. The predicted octanol–water partition coefficient (Wildman–Crippen LogP) is 4.82. The number of benzene rings is 2. The van der Waals surface area contributed by atoms with Gasteiger partial charge in [0.2, 0.25) is 0 Å². The highest BCUT2D eigenvalue weighted by atomic mass is 16.4. The van der Waals surface area contributed by atoms with Gasteiger partial charge in [-0.2, -0.15) is 0 Å². The first-order chi connectivity index (χ1) is 18.2. The Morgan fingerprint density at radius 2 is 1.61 bits per heavy atom. The maximum atomic E-state index is 13.5. The molecule has 0 aliphatic carbocycles. The Morgan fingerprint density at radius 1 is 0.947 bits per heavy atom. The molecule has 3 heterocycles. The van der Waals surface area contributed by atoms with E-state index in [0.29, 0.717) is 22.7 Å². The molecule has 0 spiro atoms. The van der Waals surface area contributed by atoms with Crippen LogP contribution in [0.1, 0.15) is 45.6 Å². The van der Waals surface area contributed by atoms with Crippen molar-refractivity contribution in [2.45, 2.75) is 33.7 Å². The van der Waals surface area contributed by atoms with Gasteiger partial charge in [-0.1, -0.05) is 29.8 Å². The second-order valence-electron chi connectivity index (χ2n) is 10.1. The first-order valence-corrected chi connectivity index (χ1v) is 12.9. The lowest BCUT2D eigenvalue weighted by atomic mass is 10.1. The van der Waals surface area contributed by atoms with Gasteiger partial charge in [-0.15, -0.1) is 0 Å². The maximum absolute atomic E-state index is 13.5. The van der Waals surface area contributed by atoms with Crippen LogP contribution in [0.3, 0.4) is 0 Å². The number of piperazine rings is 1. The van der Waals surface area contributed by atoms with Crippen molar-refractivity contribution in [3.63, 3.8) is 0 Å². The number of fused-ring (bicyclic) bond motifs is 1. The van der Waals surface area contributed by atoms with Crippen LogP contribution in [0, 0.1) is 20.8 Å². The topological polar surface area (TPSA) is 90.2 Å². The predicted molar refractivity (Wildman–Crippen MR) is 152 cm³/mol. The highest BCUT2D eigenvalue weighted by molar-refractivity contribution is 5.94. The molecule has 38 heavy (non-hydrogen) atoms. The van der Waals surface area contributed by atoms with Gasteiger partial charge in [0, 0.05) is 49.3 Å². The monoisotopic (exact) mass is 511 g/mol. The molecular weight excluding hydrogens is 478 g/mol. The molecule has 2 aromatic heterocycles. The van der Waals surface area contributed by atoms with E-state index in [1.807, 2.05) is 33.0 Å². The smallest absolute Gasteiger partial charge is 0.337 e. The number of carboxylic acids is 1. The Bertz CT molecular complexity index is 1550. The minimum absolute atomic E-state index is 0.0888. The van der Waals surface area contributed by atoms with Crippen molar-refractivity contribution in [1.82, 2.24) is 9.38 Å². The van der Waals surface area contributed by atoms with E-state index in [1.165, 1.54) is 11.3 Å². The molecule has 1 saturated heterocycles. The fourth-order valence-corrected chi connectivity index (χ4v) is 5.15. The number of hydrogen-bond acceptors (Lipinski definition) is 6. The number of rotatable bonds is 6.